The molecule has 0 saturated carbocycles. The molecule has 3 N–H and O–H groups in total. The Morgan fingerprint density at radius 2 is 1.39 bits per heavy atom. The molecule has 0 spiro atoms. The highest BCUT2D eigenvalue weighted by molar-refractivity contribution is 7.80. The third-order valence-electron chi connectivity index (χ3n) is 4.26. The van der Waals surface area contributed by atoms with E-state index in [1.807, 2.05) is 60.7 Å². The second-order valence-electron chi connectivity index (χ2n) is 6.49. The molecule has 2 amide bonds. The summed E-state index contributed by atoms with van der Waals surface area (Å²) in [6, 6.07) is 25.4. The van der Waals surface area contributed by atoms with Gasteiger partial charge < -0.3 is 4.74 Å². The Kier molecular flexibility index (Phi) is 7.98. The first-order chi connectivity index (χ1) is 15.0. The van der Waals surface area contributed by atoms with Crippen molar-refractivity contribution in [3.05, 3.63) is 101 Å². The molecule has 0 atom stereocenters. The number of rotatable bonds is 6. The van der Waals surface area contributed by atoms with Gasteiger partial charge >= 0.3 is 0 Å². The summed E-state index contributed by atoms with van der Waals surface area (Å²) in [5, 5.41) is 2.98. The Bertz CT molecular complexity index is 991. The maximum absolute atomic E-state index is 12.9. The van der Waals surface area contributed by atoms with E-state index in [9.17, 15) is 9.59 Å². The molecule has 0 radical (unpaired) electrons. The quantitative estimate of drug-likeness (QED) is 0.393. The molecular formula is C23H20ClN3O3S. The van der Waals surface area contributed by atoms with E-state index in [0.717, 1.165) is 11.1 Å². The Morgan fingerprint density at radius 1 is 0.839 bits per heavy atom. The number of amides is 2. The molecule has 0 bridgehead atoms. The van der Waals surface area contributed by atoms with Crippen molar-refractivity contribution < 1.29 is 14.3 Å². The normalized spacial score (nSPS) is 10.3. The molecule has 0 heterocycles. The molecule has 8 heteroatoms. The number of hydrazine groups is 1. The highest BCUT2D eigenvalue weighted by Crippen LogP contribution is 2.24. The monoisotopic (exact) mass is 453 g/mol. The Balaban J connectivity index is 1.53. The van der Waals surface area contributed by atoms with Crippen LogP contribution in [0.15, 0.2) is 84.9 Å². The van der Waals surface area contributed by atoms with Crippen LogP contribution in [0, 0.1) is 0 Å². The Hall–Kier alpha value is -3.42. The van der Waals surface area contributed by atoms with Crippen molar-refractivity contribution >= 4 is 40.7 Å². The fourth-order valence-electron chi connectivity index (χ4n) is 2.85. The van der Waals surface area contributed by atoms with Crippen molar-refractivity contribution in [1.29, 1.82) is 0 Å². The number of carbonyl (C=O) groups is 2. The summed E-state index contributed by atoms with van der Waals surface area (Å²) >= 11 is 10.9. The highest BCUT2D eigenvalue weighted by atomic mass is 35.5. The second-order valence-corrected chi connectivity index (χ2v) is 7.33. The topological polar surface area (TPSA) is 79.5 Å². The van der Waals surface area contributed by atoms with Gasteiger partial charge in [-0.3, -0.25) is 25.8 Å². The lowest BCUT2D eigenvalue weighted by Gasteiger charge is -2.19. The first kappa shape index (κ1) is 22.3. The maximum Gasteiger partial charge on any atom is 0.264 e. The number of ether oxygens (including phenoxy) is 1. The molecule has 3 rings (SSSR count). The van der Waals surface area contributed by atoms with Gasteiger partial charge in [0.1, 0.15) is 5.75 Å². The van der Waals surface area contributed by atoms with Gasteiger partial charge in [-0.25, -0.2) is 0 Å². The molecule has 0 aliphatic rings. The number of benzene rings is 3. The van der Waals surface area contributed by atoms with Crippen LogP contribution in [0.3, 0.4) is 0 Å². The summed E-state index contributed by atoms with van der Waals surface area (Å²) in [5.41, 5.74) is 6.80. The van der Waals surface area contributed by atoms with Crippen LogP contribution < -0.4 is 20.9 Å². The molecule has 0 saturated heterocycles. The number of thiocarbonyl (C=S) groups is 1. The smallest absolute Gasteiger partial charge is 0.264 e. The fraction of sp³-hybridized carbons (Fsp3) is 0.0870. The van der Waals surface area contributed by atoms with E-state index in [1.54, 1.807) is 24.3 Å². The summed E-state index contributed by atoms with van der Waals surface area (Å²) in [6.45, 7) is -0.242. The molecular weight excluding hydrogens is 434 g/mol. The van der Waals surface area contributed by atoms with Gasteiger partial charge in [-0.1, -0.05) is 72.3 Å². The number of hydrogen-bond donors (Lipinski definition) is 3. The lowest BCUT2D eigenvalue weighted by atomic mass is 9.91. The van der Waals surface area contributed by atoms with Crippen LogP contribution in [-0.4, -0.2) is 23.5 Å². The standard InChI is InChI=1S/C23H20ClN3O3S/c24-18-11-13-19(14-12-18)30-15-20(28)25-23(31)27-26-22(29)21(16-7-3-1-4-8-16)17-9-5-2-6-10-17/h1-14,21H,15H2,(H,26,29)(H2,25,27,28,31). The van der Waals surface area contributed by atoms with Crippen molar-refractivity contribution in [1.82, 2.24) is 16.2 Å². The summed E-state index contributed by atoms with van der Waals surface area (Å²) < 4.78 is 5.36. The number of nitrogens with one attached hydrogen (secondary N) is 3. The molecule has 3 aromatic carbocycles. The van der Waals surface area contributed by atoms with Gasteiger partial charge in [0.05, 0.1) is 5.92 Å². The van der Waals surface area contributed by atoms with Crippen LogP contribution in [0.25, 0.3) is 0 Å². The first-order valence-corrected chi connectivity index (χ1v) is 10.2. The van der Waals surface area contributed by atoms with Crippen molar-refractivity contribution in [3.63, 3.8) is 0 Å². The predicted molar refractivity (Wildman–Crippen MR) is 124 cm³/mol. The molecule has 0 aliphatic carbocycles. The minimum absolute atomic E-state index is 0.0436. The number of carbonyl (C=O) groups excluding carboxylic acids is 2. The molecule has 31 heavy (non-hydrogen) atoms. The summed E-state index contributed by atoms with van der Waals surface area (Å²) in [7, 11) is 0. The summed E-state index contributed by atoms with van der Waals surface area (Å²) in [5.74, 6) is -0.822. The van der Waals surface area contributed by atoms with Gasteiger partial charge in [-0.15, -0.1) is 0 Å². The van der Waals surface area contributed by atoms with Crippen molar-refractivity contribution in [2.75, 3.05) is 6.61 Å². The Labute approximate surface area is 190 Å². The van der Waals surface area contributed by atoms with Crippen LogP contribution in [-0.2, 0) is 9.59 Å². The first-order valence-electron chi connectivity index (χ1n) is 9.41. The van der Waals surface area contributed by atoms with Gasteiger partial charge in [0, 0.05) is 5.02 Å². The second kappa shape index (κ2) is 11.1. The lowest BCUT2D eigenvalue weighted by molar-refractivity contribution is -0.123. The van der Waals surface area contributed by atoms with E-state index in [1.165, 1.54) is 0 Å². The van der Waals surface area contributed by atoms with E-state index in [4.69, 9.17) is 28.6 Å². The average molecular weight is 454 g/mol. The predicted octanol–water partition coefficient (Wildman–Crippen LogP) is 3.57. The molecule has 0 aliphatic heterocycles. The fourth-order valence-corrected chi connectivity index (χ4v) is 3.14. The largest absolute Gasteiger partial charge is 0.484 e. The molecule has 6 nitrogen and oxygen atoms in total. The molecule has 3 aromatic rings. The molecule has 0 aromatic heterocycles. The zero-order chi connectivity index (χ0) is 22.1. The van der Waals surface area contributed by atoms with E-state index < -0.39 is 11.8 Å². The third kappa shape index (κ3) is 6.80. The van der Waals surface area contributed by atoms with Crippen LogP contribution in [0.1, 0.15) is 17.0 Å². The van der Waals surface area contributed by atoms with E-state index in [-0.39, 0.29) is 17.6 Å². The number of hydrogen-bond acceptors (Lipinski definition) is 4. The molecule has 0 fully saturated rings. The average Bonchev–Trinajstić information content (AvgIpc) is 2.79. The molecule has 0 unspecified atom stereocenters. The zero-order valence-electron chi connectivity index (χ0n) is 16.4. The molecule has 158 valence electrons. The minimum Gasteiger partial charge on any atom is -0.484 e. The van der Waals surface area contributed by atoms with Gasteiger partial charge in [0.25, 0.3) is 5.91 Å². The Morgan fingerprint density at radius 3 is 1.94 bits per heavy atom. The zero-order valence-corrected chi connectivity index (χ0v) is 18.0. The summed E-state index contributed by atoms with van der Waals surface area (Å²) in [6.07, 6.45) is 0. The van der Waals surface area contributed by atoms with Crippen LogP contribution in [0.5, 0.6) is 5.75 Å². The van der Waals surface area contributed by atoms with Crippen LogP contribution in [0.4, 0.5) is 0 Å². The van der Waals surface area contributed by atoms with Gasteiger partial charge in [0.15, 0.2) is 11.7 Å². The van der Waals surface area contributed by atoms with Crippen molar-refractivity contribution in [2.45, 2.75) is 5.92 Å². The van der Waals surface area contributed by atoms with Gasteiger partial charge in [-0.05, 0) is 47.6 Å². The summed E-state index contributed by atoms with van der Waals surface area (Å²) in [4.78, 5) is 24.9. The van der Waals surface area contributed by atoms with Crippen molar-refractivity contribution in [2.24, 2.45) is 0 Å². The third-order valence-corrected chi connectivity index (χ3v) is 4.72. The number of halogens is 1. The van der Waals surface area contributed by atoms with Crippen LogP contribution >= 0.6 is 23.8 Å². The highest BCUT2D eigenvalue weighted by Gasteiger charge is 2.22. The van der Waals surface area contributed by atoms with E-state index in [0.29, 0.717) is 10.8 Å². The SMILES string of the molecule is O=C(COc1ccc(Cl)cc1)NC(=S)NNC(=O)C(c1ccccc1)c1ccccc1. The van der Waals surface area contributed by atoms with Crippen molar-refractivity contribution in [3.8, 4) is 5.75 Å². The van der Waals surface area contributed by atoms with Gasteiger partial charge in [-0.2, -0.15) is 0 Å². The van der Waals surface area contributed by atoms with Crippen LogP contribution in [0.2, 0.25) is 5.02 Å². The van der Waals surface area contributed by atoms with E-state index >= 15 is 0 Å². The van der Waals surface area contributed by atoms with Gasteiger partial charge in [0.2, 0.25) is 5.91 Å². The van der Waals surface area contributed by atoms with E-state index in [2.05, 4.69) is 16.2 Å². The lowest BCUT2D eigenvalue weighted by Crippen LogP contribution is -2.50. The minimum atomic E-state index is -0.540. The maximum atomic E-state index is 12.9.